The zero-order chi connectivity index (χ0) is 16.8. The maximum absolute atomic E-state index is 5.41. The monoisotopic (exact) mass is 329 g/mol. The molecule has 2 aromatic rings. The molecule has 0 bridgehead atoms. The number of aromatic nitrogens is 1. The number of quaternary nitrogens is 2. The second-order valence-electron chi connectivity index (χ2n) is 6.40. The minimum absolute atomic E-state index is 0.794. The van der Waals surface area contributed by atoms with Gasteiger partial charge in [-0.25, -0.2) is 0 Å². The molecule has 1 aromatic carbocycles. The van der Waals surface area contributed by atoms with Crippen LogP contribution in [0, 0.1) is 0 Å². The van der Waals surface area contributed by atoms with Gasteiger partial charge in [-0.05, 0) is 30.3 Å². The first-order valence-corrected chi connectivity index (χ1v) is 8.55. The fourth-order valence-corrected chi connectivity index (χ4v) is 3.38. The van der Waals surface area contributed by atoms with E-state index in [4.69, 9.17) is 9.47 Å². The van der Waals surface area contributed by atoms with Gasteiger partial charge in [0.2, 0.25) is 0 Å². The SMILES string of the molecule is COc1ccc(C[NH+]2CC[NH+](Cc3ccncc3)CC2)cc1OC. The Hall–Kier alpha value is -2.11. The summed E-state index contributed by atoms with van der Waals surface area (Å²) >= 11 is 0. The molecule has 1 aliphatic rings. The van der Waals surface area contributed by atoms with Crippen molar-refractivity contribution >= 4 is 0 Å². The maximum Gasteiger partial charge on any atom is 0.161 e. The fourth-order valence-electron chi connectivity index (χ4n) is 3.38. The third kappa shape index (κ3) is 4.24. The van der Waals surface area contributed by atoms with Crippen LogP contribution in [0.15, 0.2) is 42.7 Å². The number of ether oxygens (including phenoxy) is 2. The molecule has 0 unspecified atom stereocenters. The van der Waals surface area contributed by atoms with Crippen LogP contribution in [-0.4, -0.2) is 45.4 Å². The quantitative estimate of drug-likeness (QED) is 0.756. The molecule has 1 fully saturated rings. The van der Waals surface area contributed by atoms with Gasteiger partial charge >= 0.3 is 0 Å². The summed E-state index contributed by atoms with van der Waals surface area (Å²) in [6.07, 6.45) is 3.76. The largest absolute Gasteiger partial charge is 0.493 e. The Morgan fingerprint density at radius 3 is 1.96 bits per heavy atom. The van der Waals surface area contributed by atoms with Gasteiger partial charge in [0.15, 0.2) is 11.5 Å². The second-order valence-corrected chi connectivity index (χ2v) is 6.40. The average molecular weight is 329 g/mol. The Kier molecular flexibility index (Phi) is 5.67. The highest BCUT2D eigenvalue weighted by atomic mass is 16.5. The lowest BCUT2D eigenvalue weighted by molar-refractivity contribution is -1.02. The van der Waals surface area contributed by atoms with Crippen molar-refractivity contribution in [3.63, 3.8) is 0 Å². The molecule has 0 saturated carbocycles. The number of methoxy groups -OCH3 is 2. The van der Waals surface area contributed by atoms with Crippen molar-refractivity contribution in [2.75, 3.05) is 40.4 Å². The van der Waals surface area contributed by atoms with E-state index in [1.54, 1.807) is 24.0 Å². The van der Waals surface area contributed by atoms with Crippen LogP contribution in [0.25, 0.3) is 0 Å². The van der Waals surface area contributed by atoms with Gasteiger partial charge in [0, 0.05) is 23.5 Å². The summed E-state index contributed by atoms with van der Waals surface area (Å²) in [6.45, 7) is 6.98. The number of hydrogen-bond donors (Lipinski definition) is 2. The van der Waals surface area contributed by atoms with Crippen molar-refractivity contribution in [2.24, 2.45) is 0 Å². The number of nitrogens with zero attached hydrogens (tertiary/aromatic N) is 1. The van der Waals surface area contributed by atoms with E-state index < -0.39 is 0 Å². The highest BCUT2D eigenvalue weighted by Gasteiger charge is 2.23. The minimum Gasteiger partial charge on any atom is -0.493 e. The lowest BCUT2D eigenvalue weighted by Gasteiger charge is -2.29. The fraction of sp³-hybridized carbons (Fsp3) is 0.421. The van der Waals surface area contributed by atoms with E-state index in [9.17, 15) is 0 Å². The smallest absolute Gasteiger partial charge is 0.161 e. The molecular weight excluding hydrogens is 302 g/mol. The molecule has 0 aliphatic carbocycles. The number of piperazine rings is 1. The molecule has 5 heteroatoms. The second kappa shape index (κ2) is 8.13. The zero-order valence-corrected chi connectivity index (χ0v) is 14.5. The number of pyridine rings is 1. The first-order valence-electron chi connectivity index (χ1n) is 8.55. The molecule has 2 N–H and O–H groups in total. The summed E-state index contributed by atoms with van der Waals surface area (Å²) in [4.78, 5) is 7.39. The van der Waals surface area contributed by atoms with Crippen LogP contribution < -0.4 is 19.3 Å². The van der Waals surface area contributed by atoms with E-state index in [2.05, 4.69) is 29.2 Å². The molecule has 128 valence electrons. The Balaban J connectivity index is 1.52. The van der Waals surface area contributed by atoms with Gasteiger partial charge < -0.3 is 19.3 Å². The molecular formula is C19H27N3O2+2. The lowest BCUT2D eigenvalue weighted by atomic mass is 10.1. The van der Waals surface area contributed by atoms with Crippen LogP contribution in [0.1, 0.15) is 11.1 Å². The van der Waals surface area contributed by atoms with Crippen molar-refractivity contribution in [2.45, 2.75) is 13.1 Å². The molecule has 0 spiro atoms. The van der Waals surface area contributed by atoms with Crippen LogP contribution in [-0.2, 0) is 13.1 Å². The van der Waals surface area contributed by atoms with Gasteiger partial charge in [0.1, 0.15) is 39.3 Å². The van der Waals surface area contributed by atoms with Gasteiger partial charge in [0.05, 0.1) is 14.2 Å². The molecule has 0 atom stereocenters. The maximum atomic E-state index is 5.41. The molecule has 3 rings (SSSR count). The average Bonchev–Trinajstić information content (AvgIpc) is 2.64. The Bertz CT molecular complexity index is 640. The van der Waals surface area contributed by atoms with Crippen molar-refractivity contribution < 1.29 is 19.3 Å². The third-order valence-corrected chi connectivity index (χ3v) is 4.77. The molecule has 1 saturated heterocycles. The van der Waals surface area contributed by atoms with Gasteiger partial charge in [-0.2, -0.15) is 0 Å². The van der Waals surface area contributed by atoms with Crippen molar-refractivity contribution in [1.29, 1.82) is 0 Å². The Labute approximate surface area is 143 Å². The minimum atomic E-state index is 0.794. The van der Waals surface area contributed by atoms with E-state index >= 15 is 0 Å². The van der Waals surface area contributed by atoms with Gasteiger partial charge in [0.25, 0.3) is 0 Å². The molecule has 24 heavy (non-hydrogen) atoms. The van der Waals surface area contributed by atoms with Crippen LogP contribution in [0.2, 0.25) is 0 Å². The summed E-state index contributed by atoms with van der Waals surface area (Å²) in [6, 6.07) is 10.5. The summed E-state index contributed by atoms with van der Waals surface area (Å²) in [5, 5.41) is 0. The van der Waals surface area contributed by atoms with E-state index in [0.717, 1.165) is 24.6 Å². The summed E-state index contributed by atoms with van der Waals surface area (Å²) in [7, 11) is 3.36. The molecule has 1 aliphatic heterocycles. The number of hydrogen-bond acceptors (Lipinski definition) is 3. The van der Waals surface area contributed by atoms with Crippen molar-refractivity contribution in [3.05, 3.63) is 53.9 Å². The summed E-state index contributed by atoms with van der Waals surface area (Å²) in [5.41, 5.74) is 2.68. The van der Waals surface area contributed by atoms with Crippen LogP contribution >= 0.6 is 0 Å². The number of rotatable bonds is 6. The standard InChI is InChI=1S/C19H25N3O2/c1-23-18-4-3-17(13-19(18)24-2)15-22-11-9-21(10-12-22)14-16-5-7-20-8-6-16/h3-8,13H,9-12,14-15H2,1-2H3/p+2. The normalized spacial score (nSPS) is 20.6. The van der Waals surface area contributed by atoms with Crippen LogP contribution in [0.4, 0.5) is 0 Å². The molecule has 1 aromatic heterocycles. The van der Waals surface area contributed by atoms with E-state index in [1.807, 2.05) is 18.5 Å². The first kappa shape index (κ1) is 16.7. The Morgan fingerprint density at radius 2 is 1.38 bits per heavy atom. The predicted octanol–water partition coefficient (Wildman–Crippen LogP) is -0.418. The number of benzene rings is 1. The zero-order valence-electron chi connectivity index (χ0n) is 14.5. The third-order valence-electron chi connectivity index (χ3n) is 4.77. The molecule has 0 radical (unpaired) electrons. The van der Waals surface area contributed by atoms with E-state index in [1.165, 1.54) is 37.3 Å². The van der Waals surface area contributed by atoms with Gasteiger partial charge in [-0.1, -0.05) is 0 Å². The topological polar surface area (TPSA) is 40.2 Å². The van der Waals surface area contributed by atoms with Crippen LogP contribution in [0.3, 0.4) is 0 Å². The number of nitrogens with one attached hydrogen (secondary N) is 2. The molecule has 0 amide bonds. The van der Waals surface area contributed by atoms with Crippen LogP contribution in [0.5, 0.6) is 11.5 Å². The highest BCUT2D eigenvalue weighted by Crippen LogP contribution is 2.27. The first-order chi connectivity index (χ1) is 11.8. The van der Waals surface area contributed by atoms with Crippen molar-refractivity contribution in [1.82, 2.24) is 4.98 Å². The lowest BCUT2D eigenvalue weighted by Crippen LogP contribution is -3.27. The van der Waals surface area contributed by atoms with Crippen molar-refractivity contribution in [3.8, 4) is 11.5 Å². The molecule has 5 nitrogen and oxygen atoms in total. The van der Waals surface area contributed by atoms with Gasteiger partial charge in [-0.15, -0.1) is 0 Å². The Morgan fingerprint density at radius 1 is 0.792 bits per heavy atom. The van der Waals surface area contributed by atoms with E-state index in [0.29, 0.717) is 0 Å². The highest BCUT2D eigenvalue weighted by molar-refractivity contribution is 5.42. The summed E-state index contributed by atoms with van der Waals surface area (Å²) in [5.74, 6) is 1.61. The predicted molar refractivity (Wildman–Crippen MR) is 92.6 cm³/mol. The van der Waals surface area contributed by atoms with E-state index in [-0.39, 0.29) is 0 Å². The molecule has 2 heterocycles. The summed E-state index contributed by atoms with van der Waals surface area (Å²) < 4.78 is 10.7. The van der Waals surface area contributed by atoms with Gasteiger partial charge in [-0.3, -0.25) is 4.98 Å².